The normalized spacial score (nSPS) is 11.3. The maximum Gasteiger partial charge on any atom is 0.166 e. The summed E-state index contributed by atoms with van der Waals surface area (Å²) in [7, 11) is 0. The van der Waals surface area contributed by atoms with Gasteiger partial charge in [-0.2, -0.15) is 0 Å². The number of aromatic amines is 5. The van der Waals surface area contributed by atoms with Gasteiger partial charge in [0.2, 0.25) is 0 Å². The van der Waals surface area contributed by atoms with Crippen molar-refractivity contribution in [1.82, 2.24) is 0 Å². The van der Waals surface area contributed by atoms with Crippen LogP contribution in [0.3, 0.4) is 0 Å². The van der Waals surface area contributed by atoms with E-state index < -0.39 is 136 Å². The summed E-state index contributed by atoms with van der Waals surface area (Å²) < 4.78 is 294. The summed E-state index contributed by atoms with van der Waals surface area (Å²) >= 11 is -60.7. The molecule has 0 atom stereocenters. The second-order valence-corrected chi connectivity index (χ2v) is 28.0. The van der Waals surface area contributed by atoms with Crippen LogP contribution in [0.1, 0.15) is 0 Å². The van der Waals surface area contributed by atoms with Crippen LogP contribution in [-0.4, -0.2) is 0 Å². The molecule has 0 amide bonds. The molecule has 75 heavy (non-hydrogen) atoms. The number of rotatable bonds is 10. The zero-order valence-corrected chi connectivity index (χ0v) is 48.1. The Labute approximate surface area is 441 Å². The van der Waals surface area contributed by atoms with Crippen molar-refractivity contribution in [1.29, 1.82) is 0 Å². The number of hydrogen-bond acceptors (Lipinski definition) is 35. The summed E-state index contributed by atoms with van der Waals surface area (Å²) in [6.07, 6.45) is 18.8. The number of hydrogen-bond donors (Lipinski definition) is 0. The predicted octanol–water partition coefficient (Wildman–Crippen LogP) is -12.1. The molecule has 0 aliphatic carbocycles. The fourth-order valence-electron chi connectivity index (χ4n) is 2.22. The predicted molar refractivity (Wildman–Crippen MR) is 134 cm³/mol. The van der Waals surface area contributed by atoms with E-state index in [0.717, 1.165) is 0 Å². The molecule has 5 aromatic heterocycles. The van der Waals surface area contributed by atoms with Crippen molar-refractivity contribution in [2.75, 3.05) is 0 Å². The van der Waals surface area contributed by atoms with Gasteiger partial charge in [-0.05, 0) is 0 Å². The summed E-state index contributed by atoms with van der Waals surface area (Å²) in [4.78, 5) is 14.5. The van der Waals surface area contributed by atoms with Crippen molar-refractivity contribution in [3.8, 4) is 0 Å². The second-order valence-electron chi connectivity index (χ2n) is 9.81. The molecule has 430 valence electrons. The molecule has 0 radical (unpaired) electrons. The van der Waals surface area contributed by atoms with Crippen molar-refractivity contribution >= 4 is 0 Å². The zero-order valence-electron chi connectivity index (χ0n) is 35.3. The monoisotopic (exact) mass is 1480 g/mol. The van der Waals surface area contributed by atoms with Crippen LogP contribution in [0, 0.1) is 0 Å². The topological polar surface area (TPSA) is 689 Å². The molecule has 0 saturated heterocycles. The van der Waals surface area contributed by atoms with Gasteiger partial charge in [0, 0.05) is 60.7 Å². The van der Waals surface area contributed by atoms with E-state index in [0.29, 0.717) is 0 Å². The smallest absolute Gasteiger partial charge is 0.166 e. The Hall–Kier alpha value is -3.53. The van der Waals surface area contributed by atoms with Crippen LogP contribution in [0.15, 0.2) is 153 Å². The summed E-state index contributed by atoms with van der Waals surface area (Å²) in [5.41, 5.74) is 0. The van der Waals surface area contributed by atoms with Gasteiger partial charge in [-0.3, -0.25) is 0 Å². The third kappa shape index (κ3) is 104. The Morgan fingerprint density at radius 3 is 0.267 bits per heavy atom. The van der Waals surface area contributed by atoms with Gasteiger partial charge in [0.25, 0.3) is 0 Å². The van der Waals surface area contributed by atoms with Gasteiger partial charge in [0.15, 0.2) is 62.0 Å². The summed E-state index contributed by atoms with van der Waals surface area (Å²) in [6.45, 7) is 0. The fraction of sp³-hybridized carbons (Fsp3) is 0. The van der Waals surface area contributed by atoms with Crippen LogP contribution in [0.4, 0.5) is 0 Å². The van der Waals surface area contributed by atoms with Crippen LogP contribution in [0.5, 0.6) is 0 Å². The van der Waals surface area contributed by atoms with E-state index in [-0.39, 0.29) is 0 Å². The molecule has 5 aromatic rings. The quantitative estimate of drug-likeness (QED) is 0.125. The van der Waals surface area contributed by atoms with Gasteiger partial charge in [-0.15, -0.1) is 0 Å². The van der Waals surface area contributed by atoms with Gasteiger partial charge in [0.05, 0.1) is 0 Å². The van der Waals surface area contributed by atoms with E-state index in [9.17, 15) is 118 Å². The van der Waals surface area contributed by atoms with Crippen molar-refractivity contribution in [3.05, 3.63) is 153 Å². The maximum atomic E-state index is 9.38. The fourth-order valence-corrected chi connectivity index (χ4v) is 10.4. The average Bonchev–Trinajstić information content (AvgIpc) is 3.20. The Morgan fingerprint density at radius 2 is 0.253 bits per heavy atom. The molecule has 0 spiro atoms. The minimum atomic E-state index is -6.07. The molecule has 40 nitrogen and oxygen atoms in total. The van der Waals surface area contributed by atoms with Gasteiger partial charge in [-0.25, -0.2) is 24.9 Å². The molecular weight excluding hydrogens is 1450 g/mol. The van der Waals surface area contributed by atoms with E-state index in [1.165, 1.54) is 0 Å². The van der Waals surface area contributed by atoms with Crippen molar-refractivity contribution in [2.45, 2.75) is 0 Å². The van der Waals surface area contributed by atoms with Gasteiger partial charge in [0.1, 0.15) is 0 Å². The Balaban J connectivity index is -0.000000243. The molecule has 0 aliphatic rings. The molecule has 0 bridgehead atoms. The largest absolute Gasteiger partial charge is 0.218 e. The SMILES string of the molecule is [O]=[Cr](=[O])([O-])[O][Cr](=[O])(=[O])[O-].[O]=[Cr](=[O])([O-])[O][Cr](=[O])(=[O])[O-].[O]=[Cr](=[O])([O-])[O][Cr](=[O])(=[O])[O-].[O]=[Cr](=[O])([O-])[O][Cr](=[O])(=[O])[O-].[O]=[Cr](=[O])([O-])[O][Cr](=[O])(=[O])[O-].c1cc[nH+]cc1.c1cc[nH+]cc1.c1cc[nH+]cc1.c1cc[nH+]cc1.c1cc[nH+]cc1. The van der Waals surface area contributed by atoms with Crippen molar-refractivity contribution < 1.29 is 293 Å². The first-order chi connectivity index (χ1) is 33.5. The minimum Gasteiger partial charge on any atom is -0.218 e. The van der Waals surface area contributed by atoms with E-state index in [1.54, 1.807) is 0 Å². The first kappa shape index (κ1) is 80.3. The standard InChI is InChI=1S/5C5H5N.10Cr.35O/c5*1-2-4-6-5-3-1;;;;;;;;;;;;;;;;;;;;;;;;;;;;;;;;;;;;;;;;;;;;;/h5*1-5H;;;;;;;;;;;;;;;;;;;;;;;;;;;;;;;;;;;;;;;;;;;;;/q;;;;;;;;;;;;;;;;;;;;;;;;;;;;;;;;;;;;;;;;10*-1/p+5. The third-order valence-corrected chi connectivity index (χ3v) is 17.2. The third-order valence-electron chi connectivity index (χ3n) is 3.87. The molecule has 5 heterocycles. The van der Waals surface area contributed by atoms with Crippen LogP contribution < -0.4 is 66.5 Å². The Bertz CT molecular complexity index is 2590. The molecule has 50 heteroatoms. The van der Waals surface area contributed by atoms with Gasteiger partial charge >= 0.3 is 268 Å². The van der Waals surface area contributed by atoms with E-state index in [1.807, 2.05) is 153 Å². The number of aromatic nitrogens is 5. The van der Waals surface area contributed by atoms with Crippen molar-refractivity contribution in [2.24, 2.45) is 0 Å². The number of pyridine rings is 5. The first-order valence-corrected chi connectivity index (χ1v) is 37.0. The molecule has 0 aromatic carbocycles. The van der Waals surface area contributed by atoms with Crippen LogP contribution in [-0.2, 0) is 226 Å². The molecule has 0 fully saturated rings. The summed E-state index contributed by atoms with van der Waals surface area (Å²) in [5.74, 6) is 0. The van der Waals surface area contributed by atoms with Gasteiger partial charge < -0.3 is 0 Å². The Kier molecular flexibility index (Phi) is 43.5. The minimum absolute atomic E-state index is 1.88. The van der Waals surface area contributed by atoms with E-state index >= 15 is 0 Å². The average molecular weight is 1480 g/mol. The van der Waals surface area contributed by atoms with E-state index in [4.69, 9.17) is 0 Å². The Morgan fingerprint density at radius 1 is 0.173 bits per heavy atom. The summed E-state index contributed by atoms with van der Waals surface area (Å²) in [6, 6.07) is 29.3. The van der Waals surface area contributed by atoms with Crippen LogP contribution in [0.2, 0.25) is 0 Å². The molecule has 0 unspecified atom stereocenters. The molecular formula is C25H30Cr10N5O35-5. The second kappa shape index (κ2) is 40.7. The summed E-state index contributed by atoms with van der Waals surface area (Å²) in [5, 5.41) is 0. The van der Waals surface area contributed by atoms with Crippen molar-refractivity contribution in [3.63, 3.8) is 0 Å². The molecule has 5 N–H and O–H groups in total. The number of nitrogens with one attached hydrogen (secondary N) is 5. The zero-order chi connectivity index (χ0) is 59.7. The van der Waals surface area contributed by atoms with Crippen LogP contribution in [0.25, 0.3) is 0 Å². The van der Waals surface area contributed by atoms with Crippen LogP contribution >= 0.6 is 0 Å². The van der Waals surface area contributed by atoms with Gasteiger partial charge in [-0.1, -0.05) is 30.3 Å². The molecule has 0 saturated carbocycles. The maximum absolute atomic E-state index is 9.38. The van der Waals surface area contributed by atoms with E-state index in [2.05, 4.69) is 39.1 Å². The molecule has 0 aliphatic heterocycles. The first-order valence-electron chi connectivity index (χ1n) is 16.2. The number of H-pyrrole nitrogens is 5. The molecule has 5 rings (SSSR count).